The topological polar surface area (TPSA) is 51.1 Å². The fourth-order valence-corrected chi connectivity index (χ4v) is 3.25. The van der Waals surface area contributed by atoms with Crippen LogP contribution in [0.25, 0.3) is 10.8 Å². The molecule has 1 aliphatic rings. The van der Waals surface area contributed by atoms with Crippen molar-refractivity contribution in [1.82, 2.24) is 4.90 Å². The summed E-state index contributed by atoms with van der Waals surface area (Å²) in [6, 6.07) is 8.24. The Morgan fingerprint density at radius 3 is 2.72 bits per heavy atom. The zero-order valence-corrected chi connectivity index (χ0v) is 15.0. The van der Waals surface area contributed by atoms with Crippen LogP contribution in [-0.4, -0.2) is 43.8 Å². The largest absolute Gasteiger partial charge is 0.493 e. The van der Waals surface area contributed by atoms with Crippen molar-refractivity contribution in [2.24, 2.45) is 4.99 Å². The fraction of sp³-hybridized carbons (Fsp3) is 0.400. The highest BCUT2D eigenvalue weighted by atomic mass is 16.5. The number of carbonyl (C=O) groups excluding carboxylic acids is 1. The van der Waals surface area contributed by atoms with Gasteiger partial charge in [-0.1, -0.05) is 0 Å². The molecule has 0 aromatic heterocycles. The van der Waals surface area contributed by atoms with E-state index in [1.165, 1.54) is 0 Å². The highest BCUT2D eigenvalue weighted by Gasteiger charge is 2.20. The summed E-state index contributed by atoms with van der Waals surface area (Å²) in [5, 5.41) is 2.15. The summed E-state index contributed by atoms with van der Waals surface area (Å²) >= 11 is 0. The van der Waals surface area contributed by atoms with E-state index in [2.05, 4.69) is 17.1 Å². The van der Waals surface area contributed by atoms with Gasteiger partial charge in [0.1, 0.15) is 0 Å². The molecule has 5 nitrogen and oxygen atoms in total. The number of amides is 1. The van der Waals surface area contributed by atoms with Gasteiger partial charge in [0.25, 0.3) is 0 Å². The van der Waals surface area contributed by atoms with Crippen LogP contribution in [0, 0.1) is 6.92 Å². The standard InChI is InChI=1S/C20H24N2O3/c1-4-25-20-11-15-8-14(2)18(9-16(15)10-19(20)24-3)21-12-17-6-5-7-22(17)13-23/h8-13,17H,4-7H2,1-3H3. The highest BCUT2D eigenvalue weighted by molar-refractivity contribution is 5.90. The molecule has 1 atom stereocenters. The van der Waals surface area contributed by atoms with E-state index in [-0.39, 0.29) is 6.04 Å². The normalized spacial score (nSPS) is 17.4. The molecule has 0 N–H and O–H groups in total. The Labute approximate surface area is 148 Å². The molecule has 2 aromatic carbocycles. The summed E-state index contributed by atoms with van der Waals surface area (Å²) in [6.07, 6.45) is 4.81. The number of methoxy groups -OCH3 is 1. The molecule has 1 amide bonds. The second-order valence-corrected chi connectivity index (χ2v) is 6.25. The lowest BCUT2D eigenvalue weighted by Crippen LogP contribution is -2.28. The van der Waals surface area contributed by atoms with Crippen molar-refractivity contribution in [1.29, 1.82) is 0 Å². The number of ether oxygens (including phenoxy) is 2. The second kappa shape index (κ2) is 7.55. The molecule has 1 heterocycles. The van der Waals surface area contributed by atoms with Crippen LogP contribution in [-0.2, 0) is 4.79 Å². The minimum atomic E-state index is 0.0995. The molecule has 2 aromatic rings. The number of nitrogens with zero attached hydrogens (tertiary/aromatic N) is 2. The van der Waals surface area contributed by atoms with Crippen LogP contribution in [0.2, 0.25) is 0 Å². The molecule has 1 saturated heterocycles. The average Bonchev–Trinajstić information content (AvgIpc) is 3.07. The van der Waals surface area contributed by atoms with Crippen molar-refractivity contribution in [2.45, 2.75) is 32.7 Å². The van der Waals surface area contributed by atoms with E-state index < -0.39 is 0 Å². The lowest BCUT2D eigenvalue weighted by atomic mass is 10.0. The third-order valence-electron chi connectivity index (χ3n) is 4.60. The molecule has 0 spiro atoms. The number of fused-ring (bicyclic) bond motifs is 1. The Bertz CT molecular complexity index is 801. The van der Waals surface area contributed by atoms with E-state index in [9.17, 15) is 4.79 Å². The number of likely N-dealkylation sites (tertiary alicyclic amines) is 1. The maximum absolute atomic E-state index is 11.1. The number of hydrogen-bond donors (Lipinski definition) is 0. The zero-order valence-electron chi connectivity index (χ0n) is 15.0. The van der Waals surface area contributed by atoms with E-state index >= 15 is 0 Å². The first kappa shape index (κ1) is 17.3. The lowest BCUT2D eigenvalue weighted by molar-refractivity contribution is -0.117. The van der Waals surface area contributed by atoms with Crippen molar-refractivity contribution in [3.63, 3.8) is 0 Å². The Hall–Kier alpha value is -2.56. The molecule has 1 unspecified atom stereocenters. The smallest absolute Gasteiger partial charge is 0.210 e. The van der Waals surface area contributed by atoms with Gasteiger partial charge in [-0.05, 0) is 67.3 Å². The van der Waals surface area contributed by atoms with Crippen molar-refractivity contribution < 1.29 is 14.3 Å². The van der Waals surface area contributed by atoms with Gasteiger partial charge in [0.15, 0.2) is 11.5 Å². The summed E-state index contributed by atoms with van der Waals surface area (Å²) in [5.74, 6) is 1.47. The van der Waals surface area contributed by atoms with E-state index in [0.717, 1.165) is 59.3 Å². The number of aliphatic imine (C=N–C) groups is 1. The van der Waals surface area contributed by atoms with Gasteiger partial charge in [0.2, 0.25) is 6.41 Å². The van der Waals surface area contributed by atoms with Gasteiger partial charge >= 0.3 is 0 Å². The molecule has 132 valence electrons. The van der Waals surface area contributed by atoms with E-state index in [1.54, 1.807) is 12.0 Å². The molecular weight excluding hydrogens is 316 g/mol. The van der Waals surface area contributed by atoms with Gasteiger partial charge in [-0.15, -0.1) is 0 Å². The first-order chi connectivity index (χ1) is 12.2. The Balaban J connectivity index is 1.95. The molecule has 0 aliphatic carbocycles. The van der Waals surface area contributed by atoms with E-state index in [0.29, 0.717) is 6.61 Å². The first-order valence-corrected chi connectivity index (χ1v) is 8.66. The van der Waals surface area contributed by atoms with Gasteiger partial charge < -0.3 is 14.4 Å². The highest BCUT2D eigenvalue weighted by Crippen LogP contribution is 2.35. The van der Waals surface area contributed by atoms with Gasteiger partial charge in [-0.3, -0.25) is 9.79 Å². The molecular formula is C20H24N2O3. The molecule has 3 rings (SSSR count). The first-order valence-electron chi connectivity index (χ1n) is 8.66. The minimum absolute atomic E-state index is 0.0995. The molecule has 0 radical (unpaired) electrons. The van der Waals surface area contributed by atoms with Crippen LogP contribution in [0.1, 0.15) is 25.3 Å². The Kier molecular flexibility index (Phi) is 5.22. The van der Waals surface area contributed by atoms with Gasteiger partial charge in [0, 0.05) is 12.8 Å². The molecule has 1 fully saturated rings. The predicted octanol–water partition coefficient (Wildman–Crippen LogP) is 3.88. The average molecular weight is 340 g/mol. The maximum Gasteiger partial charge on any atom is 0.210 e. The SMILES string of the molecule is CCOc1cc2cc(C)c(N=CC3CCCN3C=O)cc2cc1OC. The van der Waals surface area contributed by atoms with E-state index in [1.807, 2.05) is 32.2 Å². The molecule has 1 aliphatic heterocycles. The second-order valence-electron chi connectivity index (χ2n) is 6.25. The molecule has 25 heavy (non-hydrogen) atoms. The van der Waals surface area contributed by atoms with Crippen LogP contribution in [0.4, 0.5) is 5.69 Å². The Morgan fingerprint density at radius 1 is 1.24 bits per heavy atom. The van der Waals surface area contributed by atoms with Crippen molar-refractivity contribution in [3.8, 4) is 11.5 Å². The summed E-state index contributed by atoms with van der Waals surface area (Å²) in [5.41, 5.74) is 2.00. The third-order valence-corrected chi connectivity index (χ3v) is 4.60. The van der Waals surface area contributed by atoms with Crippen molar-refractivity contribution >= 4 is 29.1 Å². The van der Waals surface area contributed by atoms with Gasteiger partial charge in [0.05, 0.1) is 25.4 Å². The fourth-order valence-electron chi connectivity index (χ4n) is 3.25. The summed E-state index contributed by atoms with van der Waals surface area (Å²) in [6.45, 7) is 5.41. The monoisotopic (exact) mass is 340 g/mol. The number of hydrogen-bond acceptors (Lipinski definition) is 4. The number of rotatable bonds is 6. The van der Waals surface area contributed by atoms with Crippen molar-refractivity contribution in [3.05, 3.63) is 29.8 Å². The summed E-state index contributed by atoms with van der Waals surface area (Å²) < 4.78 is 11.1. The van der Waals surface area contributed by atoms with Gasteiger partial charge in [-0.2, -0.15) is 0 Å². The zero-order chi connectivity index (χ0) is 17.8. The summed E-state index contributed by atoms with van der Waals surface area (Å²) in [4.78, 5) is 17.5. The van der Waals surface area contributed by atoms with Crippen LogP contribution >= 0.6 is 0 Å². The molecule has 5 heteroatoms. The number of carbonyl (C=O) groups is 1. The third kappa shape index (κ3) is 3.60. The van der Waals surface area contributed by atoms with E-state index in [4.69, 9.17) is 9.47 Å². The minimum Gasteiger partial charge on any atom is -0.493 e. The molecule has 0 bridgehead atoms. The van der Waals surface area contributed by atoms with Crippen LogP contribution in [0.5, 0.6) is 11.5 Å². The van der Waals surface area contributed by atoms with Crippen LogP contribution < -0.4 is 9.47 Å². The predicted molar refractivity (Wildman–Crippen MR) is 100 cm³/mol. The quantitative estimate of drug-likeness (QED) is 0.592. The van der Waals surface area contributed by atoms with Crippen LogP contribution in [0.15, 0.2) is 29.3 Å². The Morgan fingerprint density at radius 2 is 2.00 bits per heavy atom. The van der Waals surface area contributed by atoms with Crippen LogP contribution in [0.3, 0.4) is 0 Å². The van der Waals surface area contributed by atoms with Gasteiger partial charge in [-0.25, -0.2) is 0 Å². The molecule has 0 saturated carbocycles. The lowest BCUT2D eigenvalue weighted by Gasteiger charge is -2.15. The number of benzene rings is 2. The number of aryl methyl sites for hydroxylation is 1. The summed E-state index contributed by atoms with van der Waals surface area (Å²) in [7, 11) is 1.64. The van der Waals surface area contributed by atoms with Crippen molar-refractivity contribution in [2.75, 3.05) is 20.3 Å². The maximum atomic E-state index is 11.1.